The van der Waals surface area contributed by atoms with Crippen LogP contribution in [0.5, 0.6) is 5.75 Å². The van der Waals surface area contributed by atoms with Crippen molar-refractivity contribution in [2.75, 3.05) is 11.9 Å². The molecule has 0 bridgehead atoms. The number of thiazole rings is 1. The van der Waals surface area contributed by atoms with Crippen LogP contribution in [0.3, 0.4) is 0 Å². The van der Waals surface area contributed by atoms with Crippen molar-refractivity contribution in [1.29, 1.82) is 0 Å². The minimum absolute atomic E-state index is 0.0782. The molecule has 0 atom stereocenters. The quantitative estimate of drug-likeness (QED) is 0.116. The summed E-state index contributed by atoms with van der Waals surface area (Å²) in [6.45, 7) is 6.76. The third kappa shape index (κ3) is 9.29. The smallest absolute Gasteiger partial charge is 0.243 e. The number of nitrogens with one attached hydrogen (secondary N) is 2. The number of anilines is 1. The standard InChI is InChI=1S/C25H32N4O5S2/c1-25(2,3)19-14-26-22(34-19)16-35-23-15-27-24(36-23)28-21(31)13-17-8-7-9-18(12-17)33-11-6-4-5-10-20(30)29-32/h7-9,12,14-15,32H,4-6,10-11,13,16H2,1-3H3,(H,29,30)(H,27,28,31). The van der Waals surface area contributed by atoms with Crippen molar-refractivity contribution in [1.82, 2.24) is 15.4 Å². The highest BCUT2D eigenvalue weighted by molar-refractivity contribution is 8.00. The van der Waals surface area contributed by atoms with Crippen LogP contribution in [0.4, 0.5) is 5.13 Å². The van der Waals surface area contributed by atoms with E-state index in [-0.39, 0.29) is 23.7 Å². The van der Waals surface area contributed by atoms with Gasteiger partial charge in [-0.25, -0.2) is 15.4 Å². The van der Waals surface area contributed by atoms with E-state index in [0.717, 1.165) is 28.4 Å². The lowest BCUT2D eigenvalue weighted by atomic mass is 9.94. The third-order valence-corrected chi connectivity index (χ3v) is 7.16. The number of rotatable bonds is 13. The summed E-state index contributed by atoms with van der Waals surface area (Å²) in [7, 11) is 0. The van der Waals surface area contributed by atoms with E-state index in [0.29, 0.717) is 42.0 Å². The lowest BCUT2D eigenvalue weighted by molar-refractivity contribution is -0.129. The molecule has 0 aliphatic rings. The van der Waals surface area contributed by atoms with E-state index in [1.807, 2.05) is 24.3 Å². The van der Waals surface area contributed by atoms with Gasteiger partial charge in [-0.05, 0) is 37.0 Å². The Hall–Kier alpha value is -2.89. The van der Waals surface area contributed by atoms with Crippen molar-refractivity contribution in [3.8, 4) is 5.75 Å². The van der Waals surface area contributed by atoms with Crippen LogP contribution in [0.15, 0.2) is 45.3 Å². The fourth-order valence-electron chi connectivity index (χ4n) is 3.14. The highest BCUT2D eigenvalue weighted by Gasteiger charge is 2.19. The van der Waals surface area contributed by atoms with E-state index >= 15 is 0 Å². The molecule has 0 aliphatic heterocycles. The second kappa shape index (κ2) is 13.4. The normalized spacial score (nSPS) is 11.3. The molecule has 2 aromatic heterocycles. The van der Waals surface area contributed by atoms with Crippen molar-refractivity contribution in [2.45, 2.75) is 68.3 Å². The first kappa shape index (κ1) is 27.7. The highest BCUT2D eigenvalue weighted by Crippen LogP contribution is 2.32. The Kier molecular flexibility index (Phi) is 10.3. The first-order valence-corrected chi connectivity index (χ1v) is 13.5. The molecule has 0 radical (unpaired) electrons. The number of unbranched alkanes of at least 4 members (excludes halogenated alkanes) is 2. The van der Waals surface area contributed by atoms with Crippen molar-refractivity contribution >= 4 is 40.0 Å². The Balaban J connectivity index is 1.40. The molecule has 2 amide bonds. The topological polar surface area (TPSA) is 127 Å². The van der Waals surface area contributed by atoms with Crippen LogP contribution < -0.4 is 15.5 Å². The maximum absolute atomic E-state index is 12.5. The van der Waals surface area contributed by atoms with Gasteiger partial charge in [-0.15, -0.1) is 11.8 Å². The van der Waals surface area contributed by atoms with E-state index < -0.39 is 0 Å². The van der Waals surface area contributed by atoms with Crippen molar-refractivity contribution < 1.29 is 24.0 Å². The number of hydrogen-bond donors (Lipinski definition) is 3. The summed E-state index contributed by atoms with van der Waals surface area (Å²) < 4.78 is 12.5. The second-order valence-corrected chi connectivity index (χ2v) is 11.5. The van der Waals surface area contributed by atoms with Gasteiger partial charge in [-0.3, -0.25) is 14.8 Å². The van der Waals surface area contributed by atoms with Gasteiger partial charge in [-0.1, -0.05) is 44.2 Å². The molecule has 0 unspecified atom stereocenters. The first-order valence-electron chi connectivity index (χ1n) is 11.7. The van der Waals surface area contributed by atoms with Gasteiger partial charge < -0.3 is 14.5 Å². The second-order valence-electron chi connectivity index (χ2n) is 9.21. The monoisotopic (exact) mass is 532 g/mol. The van der Waals surface area contributed by atoms with Gasteiger partial charge in [0.15, 0.2) is 5.13 Å². The minimum atomic E-state index is -0.379. The predicted molar refractivity (Wildman–Crippen MR) is 140 cm³/mol. The summed E-state index contributed by atoms with van der Waals surface area (Å²) in [5.74, 6) is 2.28. The zero-order valence-electron chi connectivity index (χ0n) is 20.7. The Labute approximate surface area is 219 Å². The summed E-state index contributed by atoms with van der Waals surface area (Å²) in [6.07, 6.45) is 6.31. The average molecular weight is 533 g/mol. The van der Waals surface area contributed by atoms with Gasteiger partial charge >= 0.3 is 0 Å². The maximum Gasteiger partial charge on any atom is 0.243 e. The van der Waals surface area contributed by atoms with Crippen molar-refractivity contribution in [3.63, 3.8) is 0 Å². The number of nitrogens with zero attached hydrogens (tertiary/aromatic N) is 2. The number of carbonyl (C=O) groups excluding carboxylic acids is 2. The molecule has 0 fully saturated rings. The van der Waals surface area contributed by atoms with E-state index in [1.54, 1.807) is 29.6 Å². The van der Waals surface area contributed by atoms with Crippen LogP contribution >= 0.6 is 23.1 Å². The number of oxazole rings is 1. The number of carbonyl (C=O) groups is 2. The highest BCUT2D eigenvalue weighted by atomic mass is 32.2. The fourth-order valence-corrected chi connectivity index (χ4v) is 4.89. The number of hydroxylamine groups is 1. The summed E-state index contributed by atoms with van der Waals surface area (Å²) >= 11 is 2.98. The molecule has 3 rings (SSSR count). The van der Waals surface area contributed by atoms with Crippen molar-refractivity contribution in [2.24, 2.45) is 0 Å². The molecule has 1 aromatic carbocycles. The maximum atomic E-state index is 12.5. The van der Waals surface area contributed by atoms with Crippen LogP contribution in [0.1, 0.15) is 63.7 Å². The SMILES string of the molecule is CC(C)(C)c1cnc(CSc2cnc(NC(=O)Cc3cccc(OCCCCCC(=O)NO)c3)s2)o1. The molecule has 9 nitrogen and oxygen atoms in total. The Morgan fingerprint density at radius 3 is 2.72 bits per heavy atom. The zero-order valence-corrected chi connectivity index (χ0v) is 22.3. The molecular weight excluding hydrogens is 500 g/mol. The molecule has 3 aromatic rings. The largest absolute Gasteiger partial charge is 0.494 e. The first-order chi connectivity index (χ1) is 17.2. The van der Waals surface area contributed by atoms with Gasteiger partial charge in [0.2, 0.25) is 17.7 Å². The number of amides is 2. The fraction of sp³-hybridized carbons (Fsp3) is 0.440. The molecule has 0 saturated carbocycles. The molecule has 11 heteroatoms. The lowest BCUT2D eigenvalue weighted by Crippen LogP contribution is -2.17. The van der Waals surface area contributed by atoms with Crippen LogP contribution in [-0.2, 0) is 27.2 Å². The Morgan fingerprint density at radius 2 is 1.97 bits per heavy atom. The zero-order chi connectivity index (χ0) is 26.0. The Morgan fingerprint density at radius 1 is 1.14 bits per heavy atom. The molecule has 36 heavy (non-hydrogen) atoms. The van der Waals surface area contributed by atoms with Crippen LogP contribution in [0, 0.1) is 0 Å². The van der Waals surface area contributed by atoms with E-state index in [9.17, 15) is 9.59 Å². The molecule has 194 valence electrons. The molecule has 3 N–H and O–H groups in total. The van der Waals surface area contributed by atoms with Crippen LogP contribution in [-0.4, -0.2) is 33.6 Å². The molecular formula is C25H32N4O5S2. The van der Waals surface area contributed by atoms with E-state index in [4.69, 9.17) is 14.4 Å². The molecule has 0 aliphatic carbocycles. The average Bonchev–Trinajstić information content (AvgIpc) is 3.49. The van der Waals surface area contributed by atoms with Gasteiger partial charge in [0.25, 0.3) is 0 Å². The van der Waals surface area contributed by atoms with Gasteiger partial charge in [-0.2, -0.15) is 0 Å². The minimum Gasteiger partial charge on any atom is -0.494 e. The molecule has 0 saturated heterocycles. The Bertz CT molecular complexity index is 1140. The predicted octanol–water partition coefficient (Wildman–Crippen LogP) is 5.35. The van der Waals surface area contributed by atoms with Crippen molar-refractivity contribution in [3.05, 3.63) is 53.9 Å². The number of aromatic nitrogens is 2. The summed E-state index contributed by atoms with van der Waals surface area (Å²) in [5, 5.41) is 11.9. The summed E-state index contributed by atoms with van der Waals surface area (Å²) in [4.78, 5) is 32.2. The van der Waals surface area contributed by atoms with Gasteiger partial charge in [0, 0.05) is 11.8 Å². The van der Waals surface area contributed by atoms with Crippen LogP contribution in [0.25, 0.3) is 0 Å². The van der Waals surface area contributed by atoms with Gasteiger partial charge in [0.05, 0.1) is 35.4 Å². The van der Waals surface area contributed by atoms with E-state index in [1.165, 1.54) is 11.3 Å². The summed E-state index contributed by atoms with van der Waals surface area (Å²) in [5.41, 5.74) is 2.39. The summed E-state index contributed by atoms with van der Waals surface area (Å²) in [6, 6.07) is 7.44. The van der Waals surface area contributed by atoms with Gasteiger partial charge in [0.1, 0.15) is 11.5 Å². The molecule has 0 spiro atoms. The van der Waals surface area contributed by atoms with Crippen LogP contribution in [0.2, 0.25) is 0 Å². The lowest BCUT2D eigenvalue weighted by Gasteiger charge is -2.12. The number of thioether (sulfide) groups is 1. The molecule has 2 heterocycles. The number of hydrogen-bond acceptors (Lipinski definition) is 9. The third-order valence-electron chi connectivity index (χ3n) is 5.07. The van der Waals surface area contributed by atoms with E-state index in [2.05, 4.69) is 36.1 Å². The number of ether oxygens (including phenoxy) is 1. The number of benzene rings is 1.